The number of ether oxygens (including phenoxy) is 1. The van der Waals surface area contributed by atoms with Gasteiger partial charge in [0.2, 0.25) is 5.95 Å². The van der Waals surface area contributed by atoms with Crippen molar-refractivity contribution in [2.24, 2.45) is 0 Å². The lowest BCUT2D eigenvalue weighted by molar-refractivity contribution is 0.419. The Labute approximate surface area is 146 Å². The van der Waals surface area contributed by atoms with Crippen LogP contribution < -0.4 is 15.8 Å². The van der Waals surface area contributed by atoms with Crippen LogP contribution in [0.3, 0.4) is 0 Å². The average Bonchev–Trinajstić information content (AvgIpc) is 3.06. The van der Waals surface area contributed by atoms with Gasteiger partial charge in [-0.1, -0.05) is 19.3 Å². The molecular formula is C18H22N6O. The van der Waals surface area contributed by atoms with Crippen LogP contribution >= 0.6 is 0 Å². The lowest BCUT2D eigenvalue weighted by Gasteiger charge is -2.23. The molecule has 0 radical (unpaired) electrons. The largest absolute Gasteiger partial charge is 0.496 e. The monoisotopic (exact) mass is 338 g/mol. The standard InChI is InChI=1S/C18H22N6O/c1-25-14-9-15(22-11-5-3-2-4-6-11)24-17-16(14)12(10-21-17)13-7-8-20-18(19)23-13/h7-11H,2-6H2,1H3,(H2,19,20,23)(H2,21,22,24). The van der Waals surface area contributed by atoms with Crippen molar-refractivity contribution in [3.8, 4) is 17.0 Å². The minimum absolute atomic E-state index is 0.245. The number of fused-ring (bicyclic) bond motifs is 1. The van der Waals surface area contributed by atoms with Crippen molar-refractivity contribution >= 4 is 22.8 Å². The topological polar surface area (TPSA) is 102 Å². The predicted octanol–water partition coefficient (Wildman–Crippen LogP) is 3.36. The van der Waals surface area contributed by atoms with E-state index in [2.05, 4.69) is 20.3 Å². The normalized spacial score (nSPS) is 15.4. The van der Waals surface area contributed by atoms with Gasteiger partial charge in [-0.25, -0.2) is 15.0 Å². The zero-order valence-corrected chi connectivity index (χ0v) is 14.2. The fourth-order valence-corrected chi connectivity index (χ4v) is 3.52. The number of aromatic amines is 1. The molecule has 1 saturated carbocycles. The van der Waals surface area contributed by atoms with Crippen molar-refractivity contribution in [1.29, 1.82) is 0 Å². The molecule has 7 heteroatoms. The molecule has 0 bridgehead atoms. The Morgan fingerprint density at radius 1 is 1.24 bits per heavy atom. The van der Waals surface area contributed by atoms with Crippen LogP contribution in [0.15, 0.2) is 24.5 Å². The summed E-state index contributed by atoms with van der Waals surface area (Å²) in [6.45, 7) is 0. The molecule has 3 aromatic rings. The summed E-state index contributed by atoms with van der Waals surface area (Å²) in [5.41, 5.74) is 8.13. The fraction of sp³-hybridized carbons (Fsp3) is 0.389. The molecule has 4 rings (SSSR count). The fourth-order valence-electron chi connectivity index (χ4n) is 3.52. The highest BCUT2D eigenvalue weighted by molar-refractivity contribution is 5.98. The zero-order valence-electron chi connectivity index (χ0n) is 14.2. The van der Waals surface area contributed by atoms with Gasteiger partial charge in [0.1, 0.15) is 17.2 Å². The van der Waals surface area contributed by atoms with E-state index in [0.717, 1.165) is 33.9 Å². The number of methoxy groups -OCH3 is 1. The van der Waals surface area contributed by atoms with Crippen LogP contribution in [0.25, 0.3) is 22.3 Å². The van der Waals surface area contributed by atoms with E-state index in [9.17, 15) is 0 Å². The highest BCUT2D eigenvalue weighted by Gasteiger charge is 2.18. The van der Waals surface area contributed by atoms with Crippen LogP contribution in [0.5, 0.6) is 5.75 Å². The second kappa shape index (κ2) is 6.58. The zero-order chi connectivity index (χ0) is 17.2. The molecule has 0 aliphatic heterocycles. The Balaban J connectivity index is 1.73. The number of nitrogens with zero attached hydrogens (tertiary/aromatic N) is 3. The second-order valence-electron chi connectivity index (χ2n) is 6.42. The summed E-state index contributed by atoms with van der Waals surface area (Å²) < 4.78 is 5.63. The van der Waals surface area contributed by atoms with Gasteiger partial charge in [-0.2, -0.15) is 0 Å². The van der Waals surface area contributed by atoms with Crippen LogP contribution in [0.1, 0.15) is 32.1 Å². The predicted molar refractivity (Wildman–Crippen MR) is 98.6 cm³/mol. The van der Waals surface area contributed by atoms with Crippen molar-refractivity contribution in [1.82, 2.24) is 19.9 Å². The van der Waals surface area contributed by atoms with E-state index in [-0.39, 0.29) is 5.95 Å². The summed E-state index contributed by atoms with van der Waals surface area (Å²) in [5.74, 6) is 1.85. The average molecular weight is 338 g/mol. The van der Waals surface area contributed by atoms with Gasteiger partial charge in [0, 0.05) is 30.1 Å². The van der Waals surface area contributed by atoms with Crippen molar-refractivity contribution in [2.75, 3.05) is 18.2 Å². The molecule has 0 spiro atoms. The van der Waals surface area contributed by atoms with E-state index in [1.807, 2.05) is 18.3 Å². The molecule has 1 aliphatic carbocycles. The number of pyridine rings is 1. The number of anilines is 2. The van der Waals surface area contributed by atoms with E-state index >= 15 is 0 Å². The molecule has 4 N–H and O–H groups in total. The Kier molecular flexibility index (Phi) is 4.13. The molecule has 0 amide bonds. The van der Waals surface area contributed by atoms with Crippen molar-refractivity contribution in [2.45, 2.75) is 38.1 Å². The van der Waals surface area contributed by atoms with Crippen LogP contribution in [-0.4, -0.2) is 33.1 Å². The molecule has 3 aromatic heterocycles. The molecule has 130 valence electrons. The number of H-pyrrole nitrogens is 1. The highest BCUT2D eigenvalue weighted by atomic mass is 16.5. The van der Waals surface area contributed by atoms with Gasteiger partial charge >= 0.3 is 0 Å². The smallest absolute Gasteiger partial charge is 0.220 e. The molecule has 1 fully saturated rings. The lowest BCUT2D eigenvalue weighted by Crippen LogP contribution is -2.22. The summed E-state index contributed by atoms with van der Waals surface area (Å²) in [7, 11) is 1.67. The second-order valence-corrected chi connectivity index (χ2v) is 6.42. The third kappa shape index (κ3) is 3.09. The van der Waals surface area contributed by atoms with Crippen molar-refractivity contribution < 1.29 is 4.74 Å². The van der Waals surface area contributed by atoms with Gasteiger partial charge in [0.05, 0.1) is 18.2 Å². The first kappa shape index (κ1) is 15.7. The van der Waals surface area contributed by atoms with Gasteiger partial charge in [-0.05, 0) is 18.9 Å². The Bertz CT molecular complexity index is 884. The van der Waals surface area contributed by atoms with Gasteiger partial charge in [-0.3, -0.25) is 0 Å². The Morgan fingerprint density at radius 3 is 2.84 bits per heavy atom. The number of hydrogen-bond acceptors (Lipinski definition) is 6. The van der Waals surface area contributed by atoms with Gasteiger partial charge in [-0.15, -0.1) is 0 Å². The summed E-state index contributed by atoms with van der Waals surface area (Å²) >= 11 is 0. The number of nitrogens with two attached hydrogens (primary N) is 1. The van der Waals surface area contributed by atoms with Crippen LogP contribution in [-0.2, 0) is 0 Å². The van der Waals surface area contributed by atoms with E-state index < -0.39 is 0 Å². The summed E-state index contributed by atoms with van der Waals surface area (Å²) in [5, 5.41) is 4.45. The quantitative estimate of drug-likeness (QED) is 0.674. The number of aromatic nitrogens is 4. The lowest BCUT2D eigenvalue weighted by atomic mass is 9.95. The molecule has 0 saturated heterocycles. The number of nitrogens with one attached hydrogen (secondary N) is 2. The van der Waals surface area contributed by atoms with Crippen LogP contribution in [0.2, 0.25) is 0 Å². The van der Waals surface area contributed by atoms with Crippen LogP contribution in [0.4, 0.5) is 11.8 Å². The Hall–Kier alpha value is -2.83. The Morgan fingerprint density at radius 2 is 2.08 bits per heavy atom. The van der Waals surface area contributed by atoms with E-state index in [0.29, 0.717) is 6.04 Å². The molecule has 0 atom stereocenters. The highest BCUT2D eigenvalue weighted by Crippen LogP contribution is 2.36. The number of rotatable bonds is 4. The van der Waals surface area contributed by atoms with Crippen LogP contribution in [0, 0.1) is 0 Å². The molecule has 1 aliphatic rings. The third-order valence-corrected chi connectivity index (χ3v) is 4.73. The summed E-state index contributed by atoms with van der Waals surface area (Å²) in [6, 6.07) is 4.27. The number of hydrogen-bond donors (Lipinski definition) is 3. The maximum atomic E-state index is 5.72. The third-order valence-electron chi connectivity index (χ3n) is 4.73. The molecule has 7 nitrogen and oxygen atoms in total. The van der Waals surface area contributed by atoms with Gasteiger partial charge in [0.25, 0.3) is 0 Å². The summed E-state index contributed by atoms with van der Waals surface area (Å²) in [4.78, 5) is 16.2. The van der Waals surface area contributed by atoms with E-state index in [1.54, 1.807) is 13.3 Å². The van der Waals surface area contributed by atoms with Gasteiger partial charge in [0.15, 0.2) is 0 Å². The van der Waals surface area contributed by atoms with Crippen molar-refractivity contribution in [3.63, 3.8) is 0 Å². The molecule has 25 heavy (non-hydrogen) atoms. The minimum atomic E-state index is 0.245. The summed E-state index contributed by atoms with van der Waals surface area (Å²) in [6.07, 6.45) is 9.80. The van der Waals surface area contributed by atoms with Crippen molar-refractivity contribution in [3.05, 3.63) is 24.5 Å². The molecular weight excluding hydrogens is 316 g/mol. The first-order chi connectivity index (χ1) is 12.2. The molecule has 0 aromatic carbocycles. The maximum Gasteiger partial charge on any atom is 0.220 e. The first-order valence-electron chi connectivity index (χ1n) is 8.66. The van der Waals surface area contributed by atoms with E-state index in [1.165, 1.54) is 32.1 Å². The molecule has 0 unspecified atom stereocenters. The molecule has 3 heterocycles. The van der Waals surface area contributed by atoms with Gasteiger partial charge < -0.3 is 20.8 Å². The minimum Gasteiger partial charge on any atom is -0.496 e. The SMILES string of the molecule is COc1cc(NC2CCCCC2)nc2[nH]cc(-c3ccnc(N)n3)c12. The maximum absolute atomic E-state index is 5.72. The number of nitrogen functional groups attached to an aromatic ring is 1. The van der Waals surface area contributed by atoms with E-state index in [4.69, 9.17) is 15.5 Å². The first-order valence-corrected chi connectivity index (χ1v) is 8.66.